The van der Waals surface area contributed by atoms with Crippen molar-refractivity contribution in [3.8, 4) is 5.75 Å². The number of benzene rings is 2. The van der Waals surface area contributed by atoms with E-state index in [2.05, 4.69) is 55.4 Å². The lowest BCUT2D eigenvalue weighted by Gasteiger charge is -2.45. The smallest absolute Gasteiger partial charge is 0.410 e. The standard InChI is InChI=1S/C26H36N2O3/c1-27(2)19-24(22-13-15-23(16-14-22)31-25(29)28(3)4)26(17-9-6-10-18-26)30-20-21-11-7-5-8-12-21/h5,7-8,11-16,24H,6,9-10,17-20H2,1-4H3. The molecule has 0 spiro atoms. The second-order valence-corrected chi connectivity index (χ2v) is 9.05. The molecule has 0 bridgehead atoms. The summed E-state index contributed by atoms with van der Waals surface area (Å²) in [4.78, 5) is 15.5. The number of carbonyl (C=O) groups is 1. The van der Waals surface area contributed by atoms with E-state index in [9.17, 15) is 4.79 Å². The Morgan fingerprint density at radius 1 is 0.935 bits per heavy atom. The van der Waals surface area contributed by atoms with Crippen LogP contribution in [0.5, 0.6) is 5.75 Å². The van der Waals surface area contributed by atoms with E-state index in [1.54, 1.807) is 14.1 Å². The van der Waals surface area contributed by atoms with E-state index in [-0.39, 0.29) is 17.6 Å². The third-order valence-corrected chi connectivity index (χ3v) is 6.10. The van der Waals surface area contributed by atoms with Crippen LogP contribution in [0.1, 0.15) is 49.1 Å². The molecule has 0 N–H and O–H groups in total. The molecule has 1 aliphatic carbocycles. The lowest BCUT2D eigenvalue weighted by molar-refractivity contribution is -0.102. The number of hydrogen-bond acceptors (Lipinski definition) is 4. The second kappa shape index (κ2) is 10.8. The molecule has 0 heterocycles. The van der Waals surface area contributed by atoms with Crippen molar-refractivity contribution < 1.29 is 14.3 Å². The molecule has 1 atom stereocenters. The zero-order chi connectivity index (χ0) is 22.3. The van der Waals surface area contributed by atoms with Crippen LogP contribution in [-0.2, 0) is 11.3 Å². The number of amides is 1. The normalized spacial score (nSPS) is 16.7. The highest BCUT2D eigenvalue weighted by atomic mass is 16.6. The minimum atomic E-state index is -0.368. The average Bonchev–Trinajstić information content (AvgIpc) is 2.78. The van der Waals surface area contributed by atoms with Crippen molar-refractivity contribution in [2.75, 3.05) is 34.7 Å². The lowest BCUT2D eigenvalue weighted by Crippen LogP contribution is -2.45. The van der Waals surface area contributed by atoms with Crippen molar-refractivity contribution in [2.45, 2.75) is 50.2 Å². The Morgan fingerprint density at radius 2 is 1.58 bits per heavy atom. The fourth-order valence-electron chi connectivity index (χ4n) is 4.45. The molecule has 168 valence electrons. The molecular weight excluding hydrogens is 388 g/mol. The van der Waals surface area contributed by atoms with Gasteiger partial charge in [0.1, 0.15) is 5.75 Å². The molecule has 0 aromatic heterocycles. The fraction of sp³-hybridized carbons (Fsp3) is 0.500. The highest BCUT2D eigenvalue weighted by molar-refractivity contribution is 5.69. The van der Waals surface area contributed by atoms with Gasteiger partial charge >= 0.3 is 6.09 Å². The molecule has 0 saturated heterocycles. The molecule has 2 aromatic carbocycles. The van der Waals surface area contributed by atoms with Crippen LogP contribution in [0.3, 0.4) is 0 Å². The van der Waals surface area contributed by atoms with Gasteiger partial charge in [0.15, 0.2) is 0 Å². The van der Waals surface area contributed by atoms with Crippen molar-refractivity contribution in [3.05, 3.63) is 65.7 Å². The second-order valence-electron chi connectivity index (χ2n) is 9.05. The van der Waals surface area contributed by atoms with Gasteiger partial charge in [0.2, 0.25) is 0 Å². The number of carbonyl (C=O) groups excluding carboxylic acids is 1. The first-order valence-electron chi connectivity index (χ1n) is 11.2. The first kappa shape index (κ1) is 23.3. The van der Waals surface area contributed by atoms with E-state index in [4.69, 9.17) is 9.47 Å². The van der Waals surface area contributed by atoms with Gasteiger partial charge in [-0.25, -0.2) is 4.79 Å². The van der Waals surface area contributed by atoms with E-state index in [0.717, 1.165) is 19.4 Å². The van der Waals surface area contributed by atoms with Crippen molar-refractivity contribution in [2.24, 2.45) is 0 Å². The fourth-order valence-corrected chi connectivity index (χ4v) is 4.45. The SMILES string of the molecule is CN(C)CC(c1ccc(OC(=O)N(C)C)cc1)C1(OCc2ccccc2)CCCCC1. The van der Waals surface area contributed by atoms with Crippen molar-refractivity contribution in [1.29, 1.82) is 0 Å². The average molecular weight is 425 g/mol. The summed E-state index contributed by atoms with van der Waals surface area (Å²) in [6, 6.07) is 18.4. The van der Waals surface area contributed by atoms with Gasteiger partial charge in [-0.3, -0.25) is 0 Å². The Kier molecular flexibility index (Phi) is 8.10. The van der Waals surface area contributed by atoms with Crippen LogP contribution in [0, 0.1) is 0 Å². The number of nitrogens with zero attached hydrogens (tertiary/aromatic N) is 2. The third kappa shape index (κ3) is 6.31. The molecule has 3 rings (SSSR count). The van der Waals surface area contributed by atoms with Gasteiger partial charge in [-0.15, -0.1) is 0 Å². The van der Waals surface area contributed by atoms with Gasteiger partial charge in [-0.1, -0.05) is 61.7 Å². The van der Waals surface area contributed by atoms with E-state index < -0.39 is 0 Å². The quantitative estimate of drug-likeness (QED) is 0.576. The number of likely N-dealkylation sites (N-methyl/N-ethyl adjacent to an activating group) is 1. The van der Waals surface area contributed by atoms with Crippen LogP contribution in [-0.4, -0.2) is 56.2 Å². The van der Waals surface area contributed by atoms with Gasteiger partial charge in [-0.05, 0) is 50.2 Å². The first-order valence-corrected chi connectivity index (χ1v) is 11.2. The molecule has 31 heavy (non-hydrogen) atoms. The summed E-state index contributed by atoms with van der Waals surface area (Å²) < 4.78 is 12.2. The molecule has 0 aliphatic heterocycles. The van der Waals surface area contributed by atoms with Crippen LogP contribution in [0.4, 0.5) is 4.79 Å². The topological polar surface area (TPSA) is 42.0 Å². The van der Waals surface area contributed by atoms with Gasteiger partial charge < -0.3 is 19.3 Å². The molecule has 1 saturated carbocycles. The molecule has 0 radical (unpaired) electrons. The van der Waals surface area contributed by atoms with Crippen molar-refractivity contribution >= 4 is 6.09 Å². The minimum Gasteiger partial charge on any atom is -0.410 e. The first-order chi connectivity index (χ1) is 14.9. The van der Waals surface area contributed by atoms with E-state index >= 15 is 0 Å². The number of ether oxygens (including phenoxy) is 2. The van der Waals surface area contributed by atoms with Crippen LogP contribution >= 0.6 is 0 Å². The Bertz CT molecular complexity index is 812. The van der Waals surface area contributed by atoms with Gasteiger partial charge in [0.05, 0.1) is 12.2 Å². The summed E-state index contributed by atoms with van der Waals surface area (Å²) >= 11 is 0. The van der Waals surface area contributed by atoms with Crippen molar-refractivity contribution in [3.63, 3.8) is 0 Å². The molecule has 5 nitrogen and oxygen atoms in total. The Morgan fingerprint density at radius 3 is 2.16 bits per heavy atom. The van der Waals surface area contributed by atoms with Gasteiger partial charge in [0.25, 0.3) is 0 Å². The maximum Gasteiger partial charge on any atom is 0.414 e. The number of rotatable bonds is 8. The van der Waals surface area contributed by atoms with E-state index in [1.807, 2.05) is 18.2 Å². The molecule has 1 amide bonds. The van der Waals surface area contributed by atoms with E-state index in [1.165, 1.54) is 35.3 Å². The minimum absolute atomic E-state index is 0.194. The molecule has 1 aliphatic rings. The summed E-state index contributed by atoms with van der Waals surface area (Å²) in [6.45, 7) is 1.54. The summed E-state index contributed by atoms with van der Waals surface area (Å²) in [5.41, 5.74) is 2.25. The highest BCUT2D eigenvalue weighted by Gasteiger charge is 2.42. The largest absolute Gasteiger partial charge is 0.414 e. The Hall–Kier alpha value is -2.37. The number of hydrogen-bond donors (Lipinski definition) is 0. The zero-order valence-electron chi connectivity index (χ0n) is 19.3. The summed E-state index contributed by atoms with van der Waals surface area (Å²) in [6.07, 6.45) is 5.41. The highest BCUT2D eigenvalue weighted by Crippen LogP contribution is 2.44. The predicted molar refractivity (Wildman–Crippen MR) is 124 cm³/mol. The van der Waals surface area contributed by atoms with Crippen molar-refractivity contribution in [1.82, 2.24) is 9.80 Å². The molecule has 5 heteroatoms. The maximum absolute atomic E-state index is 11.9. The monoisotopic (exact) mass is 424 g/mol. The summed E-state index contributed by atoms with van der Waals surface area (Å²) in [5, 5.41) is 0. The lowest BCUT2D eigenvalue weighted by atomic mass is 9.72. The third-order valence-electron chi connectivity index (χ3n) is 6.10. The summed E-state index contributed by atoms with van der Waals surface area (Å²) in [7, 11) is 7.60. The van der Waals surface area contributed by atoms with Gasteiger partial charge in [0, 0.05) is 26.6 Å². The van der Waals surface area contributed by atoms with Crippen LogP contribution in [0.2, 0.25) is 0 Å². The predicted octanol–water partition coefficient (Wildman–Crippen LogP) is 5.31. The van der Waals surface area contributed by atoms with Crippen LogP contribution in [0.25, 0.3) is 0 Å². The van der Waals surface area contributed by atoms with Crippen LogP contribution < -0.4 is 4.74 Å². The molecule has 1 unspecified atom stereocenters. The van der Waals surface area contributed by atoms with Gasteiger partial charge in [-0.2, -0.15) is 0 Å². The molecule has 2 aromatic rings. The Labute approximate surface area is 187 Å². The summed E-state index contributed by atoms with van der Waals surface area (Å²) in [5.74, 6) is 0.805. The molecular formula is C26H36N2O3. The zero-order valence-corrected chi connectivity index (χ0v) is 19.3. The molecule has 1 fully saturated rings. The maximum atomic E-state index is 11.9. The Balaban J connectivity index is 1.85. The van der Waals surface area contributed by atoms with Crippen LogP contribution in [0.15, 0.2) is 54.6 Å². The van der Waals surface area contributed by atoms with E-state index in [0.29, 0.717) is 12.4 Å².